The summed E-state index contributed by atoms with van der Waals surface area (Å²) in [4.78, 5) is 20.6. The molecule has 2 aliphatic carbocycles. The lowest BCUT2D eigenvalue weighted by Gasteiger charge is -2.41. The van der Waals surface area contributed by atoms with Gasteiger partial charge in [0.2, 0.25) is 17.6 Å². The van der Waals surface area contributed by atoms with Crippen molar-refractivity contribution in [2.75, 3.05) is 14.2 Å². The van der Waals surface area contributed by atoms with Crippen molar-refractivity contribution in [1.82, 2.24) is 20.6 Å². The van der Waals surface area contributed by atoms with Gasteiger partial charge in [0.05, 0.1) is 30.5 Å². The fourth-order valence-corrected chi connectivity index (χ4v) is 7.67. The van der Waals surface area contributed by atoms with E-state index in [0.29, 0.717) is 54.4 Å². The molecule has 0 bridgehead atoms. The summed E-state index contributed by atoms with van der Waals surface area (Å²) >= 11 is 7.10. The number of carbonyl (C=O) groups is 1. The highest BCUT2D eigenvalue weighted by Gasteiger charge is 2.40. The number of hydrogen-bond donors (Lipinski definition) is 4. The lowest BCUT2D eigenvalue weighted by Crippen LogP contribution is -2.51. The minimum absolute atomic E-state index is 0.0509. The van der Waals surface area contributed by atoms with Crippen molar-refractivity contribution in [3.8, 4) is 40.0 Å². The van der Waals surface area contributed by atoms with Gasteiger partial charge in [0.15, 0.2) is 0 Å². The van der Waals surface area contributed by atoms with Crippen LogP contribution in [-0.2, 0) is 30.5 Å². The quantitative estimate of drug-likeness (QED) is 0.101. The van der Waals surface area contributed by atoms with Crippen molar-refractivity contribution >= 4 is 17.6 Å². The molecule has 54 heavy (non-hydrogen) atoms. The van der Waals surface area contributed by atoms with Crippen LogP contribution in [0.2, 0.25) is 5.02 Å². The zero-order valence-electron chi connectivity index (χ0n) is 30.7. The number of alkyl halides is 3. The zero-order valence-corrected chi connectivity index (χ0v) is 31.4. The molecule has 1 saturated carbocycles. The Hall–Kier alpha value is -4.43. The Morgan fingerprint density at radius 1 is 0.963 bits per heavy atom. The number of nitrogens with one attached hydrogen (secondary N) is 2. The number of ether oxygens (including phenoxy) is 3. The highest BCUT2D eigenvalue weighted by atomic mass is 35.5. The van der Waals surface area contributed by atoms with E-state index in [1.165, 1.54) is 7.11 Å². The summed E-state index contributed by atoms with van der Waals surface area (Å²) in [5.74, 6) is -1.69. The van der Waals surface area contributed by atoms with E-state index < -0.39 is 41.3 Å². The van der Waals surface area contributed by atoms with Gasteiger partial charge >= 0.3 is 12.1 Å². The maximum absolute atomic E-state index is 14.5. The van der Waals surface area contributed by atoms with Gasteiger partial charge in [-0.05, 0) is 67.3 Å². The number of benzene rings is 2. The number of aliphatic carboxylic acids is 1. The van der Waals surface area contributed by atoms with Crippen LogP contribution in [0.3, 0.4) is 0 Å². The second-order valence-electron chi connectivity index (χ2n) is 14.5. The fourth-order valence-electron chi connectivity index (χ4n) is 7.34. The van der Waals surface area contributed by atoms with Gasteiger partial charge in [-0.2, -0.15) is 18.2 Å². The number of fused-ring (bicyclic) bond motifs is 1. The minimum Gasteiger partial charge on any atom is -0.481 e. The van der Waals surface area contributed by atoms with E-state index >= 15 is 0 Å². The monoisotopic (exact) mass is 768 g/mol. The largest absolute Gasteiger partial charge is 0.481 e. The average molecular weight is 769 g/mol. The van der Waals surface area contributed by atoms with Crippen LogP contribution in [-0.4, -0.2) is 58.1 Å². The topological polar surface area (TPSA) is 135 Å². The van der Waals surface area contributed by atoms with E-state index in [9.17, 15) is 28.2 Å². The summed E-state index contributed by atoms with van der Waals surface area (Å²) in [6.45, 7) is 5.55. The Bertz CT molecular complexity index is 2020. The summed E-state index contributed by atoms with van der Waals surface area (Å²) in [6.07, 6.45) is -3.26. The van der Waals surface area contributed by atoms with E-state index in [1.807, 2.05) is 55.5 Å². The molecule has 4 aromatic rings. The van der Waals surface area contributed by atoms with E-state index in [2.05, 4.69) is 15.6 Å². The van der Waals surface area contributed by atoms with Crippen LogP contribution in [0.15, 0.2) is 54.6 Å². The smallest absolute Gasteiger partial charge is 0.421 e. The van der Waals surface area contributed by atoms with E-state index in [-0.39, 0.29) is 29.9 Å². The van der Waals surface area contributed by atoms with Crippen molar-refractivity contribution < 1.29 is 42.4 Å². The third-order valence-electron chi connectivity index (χ3n) is 10.1. The number of aliphatic hydroxyl groups is 1. The van der Waals surface area contributed by atoms with Crippen LogP contribution in [0.1, 0.15) is 74.0 Å². The summed E-state index contributed by atoms with van der Waals surface area (Å²) in [7, 11) is 2.85. The Kier molecular flexibility index (Phi) is 11.4. The minimum atomic E-state index is -4.81. The van der Waals surface area contributed by atoms with Gasteiger partial charge in [0, 0.05) is 41.4 Å². The molecule has 2 aromatic carbocycles. The maximum Gasteiger partial charge on any atom is 0.421 e. The van der Waals surface area contributed by atoms with Crippen LogP contribution in [0.25, 0.3) is 22.4 Å². The summed E-state index contributed by atoms with van der Waals surface area (Å²) in [5.41, 5.74) is 3.70. The number of hydrogen-bond acceptors (Lipinski definition) is 9. The Labute approximate surface area is 317 Å². The molecular weight excluding hydrogens is 725 g/mol. The lowest BCUT2D eigenvalue weighted by molar-refractivity contribution is -0.141. The third kappa shape index (κ3) is 8.29. The highest BCUT2D eigenvalue weighted by Crippen LogP contribution is 2.46. The van der Waals surface area contributed by atoms with Gasteiger partial charge in [0.1, 0.15) is 17.7 Å². The van der Waals surface area contributed by atoms with Gasteiger partial charge in [-0.15, -0.1) is 0 Å². The molecule has 2 heterocycles. The van der Waals surface area contributed by atoms with Gasteiger partial charge in [0.25, 0.3) is 0 Å². The molecule has 2 aliphatic rings. The molecule has 1 fully saturated rings. The molecule has 288 valence electrons. The molecule has 14 heteroatoms. The third-order valence-corrected chi connectivity index (χ3v) is 10.5. The molecule has 0 amide bonds. The van der Waals surface area contributed by atoms with Crippen LogP contribution in [0.4, 0.5) is 13.2 Å². The second-order valence-corrected chi connectivity index (χ2v) is 14.9. The van der Waals surface area contributed by atoms with Gasteiger partial charge < -0.3 is 29.7 Å². The molecule has 2 atom stereocenters. The predicted molar refractivity (Wildman–Crippen MR) is 198 cm³/mol. The first-order valence-electron chi connectivity index (χ1n) is 17.8. The number of carboxylic acids is 1. The van der Waals surface area contributed by atoms with Gasteiger partial charge in [-0.25, -0.2) is 4.98 Å². The summed E-state index contributed by atoms with van der Waals surface area (Å²) in [6, 6.07) is 15.2. The number of methoxy groups -OCH3 is 2. The summed E-state index contributed by atoms with van der Waals surface area (Å²) < 4.78 is 60.4. The molecule has 6 rings (SSSR count). The number of pyridine rings is 2. The van der Waals surface area contributed by atoms with E-state index in [1.54, 1.807) is 21.0 Å². The first kappa shape index (κ1) is 39.3. The number of nitrogens with zero attached hydrogens (tertiary/aromatic N) is 2. The van der Waals surface area contributed by atoms with Crippen LogP contribution >= 0.6 is 11.6 Å². The Morgan fingerprint density at radius 3 is 2.28 bits per heavy atom. The van der Waals surface area contributed by atoms with Crippen LogP contribution in [0.5, 0.6) is 17.6 Å². The maximum atomic E-state index is 14.5. The normalized spacial score (nSPS) is 20.0. The van der Waals surface area contributed by atoms with Crippen LogP contribution < -0.4 is 24.8 Å². The number of aromatic nitrogens is 2. The molecule has 0 radical (unpaired) electrons. The fraction of sp³-hybridized carbons (Fsp3) is 0.425. The molecule has 4 N–H and O–H groups in total. The van der Waals surface area contributed by atoms with Gasteiger partial charge in [-0.1, -0.05) is 67.9 Å². The van der Waals surface area contributed by atoms with E-state index in [4.69, 9.17) is 30.8 Å². The molecule has 0 aliphatic heterocycles. The average Bonchev–Trinajstić information content (AvgIpc) is 3.52. The lowest BCUT2D eigenvalue weighted by atomic mass is 9.77. The standard InChI is InChI=1S/C40H44ClF3N4O6/c1-21(2)34(38(49)50)46-20-23-16-30(40(42,43)44)37(48-36(23)53-5)54-32-15-13-26-25(8-6-9-27(26)32)28-10-7-11-29(33(28)41)31-14-12-22(35(47-31)52-4)19-45-24-17-39(3,51)18-24/h6-12,14,16,21,24,32,34,45-46,51H,13,15,17-20H2,1-5H3,(H,49,50)/t24-,32-,34-,39-/m0/s1. The molecule has 0 spiro atoms. The molecule has 10 nitrogen and oxygen atoms in total. The second kappa shape index (κ2) is 15.7. The first-order valence-corrected chi connectivity index (χ1v) is 18.2. The molecule has 0 unspecified atom stereocenters. The van der Waals surface area contributed by atoms with Crippen LogP contribution in [0, 0.1) is 5.92 Å². The van der Waals surface area contributed by atoms with Crippen molar-refractivity contribution in [3.05, 3.63) is 87.4 Å². The first-order chi connectivity index (χ1) is 25.6. The number of halogens is 4. The van der Waals surface area contributed by atoms with Gasteiger partial charge in [-0.3, -0.25) is 10.1 Å². The molecular formula is C40H44ClF3N4O6. The Balaban J connectivity index is 1.26. The predicted octanol–water partition coefficient (Wildman–Crippen LogP) is 7.77. The Morgan fingerprint density at radius 2 is 1.63 bits per heavy atom. The zero-order chi connectivity index (χ0) is 38.9. The van der Waals surface area contributed by atoms with E-state index in [0.717, 1.165) is 33.9 Å². The van der Waals surface area contributed by atoms with Crippen molar-refractivity contribution in [2.45, 2.75) is 89.5 Å². The summed E-state index contributed by atoms with van der Waals surface area (Å²) in [5, 5.41) is 26.3. The SMILES string of the molecule is COc1nc(-c2cccc(-c3cccc4c3CC[C@@H]4Oc3nc(OC)c(CN[C@H](C(=O)O)C(C)C)cc3C(F)(F)F)c2Cl)ccc1CN[C@H]1C[C@](C)(O)C1. The number of rotatable bonds is 14. The van der Waals surface area contributed by atoms with Crippen molar-refractivity contribution in [2.24, 2.45) is 5.92 Å². The number of carboxylic acid groups (broad SMARTS) is 1. The molecule has 0 saturated heterocycles. The molecule has 2 aromatic heterocycles. The highest BCUT2D eigenvalue weighted by molar-refractivity contribution is 6.36. The van der Waals surface area contributed by atoms with Crippen molar-refractivity contribution in [3.63, 3.8) is 0 Å². The van der Waals surface area contributed by atoms with Crippen molar-refractivity contribution in [1.29, 1.82) is 0 Å².